The third-order valence-electron chi connectivity index (χ3n) is 3.18. The molecule has 1 aliphatic rings. The van der Waals surface area contributed by atoms with E-state index in [2.05, 4.69) is 0 Å². The van der Waals surface area contributed by atoms with Gasteiger partial charge in [0.05, 0.1) is 12.6 Å². The maximum Gasteiger partial charge on any atom is 0.320 e. The van der Waals surface area contributed by atoms with Crippen molar-refractivity contribution in [1.29, 1.82) is 0 Å². The van der Waals surface area contributed by atoms with Gasteiger partial charge in [0.15, 0.2) is 5.78 Å². The number of aliphatic carboxylic acids is 1. The second-order valence-corrected chi connectivity index (χ2v) is 4.61. The Morgan fingerprint density at radius 3 is 2.30 bits per heavy atom. The second kappa shape index (κ2) is 6.10. The molecule has 10 nitrogen and oxygen atoms in total. The highest BCUT2D eigenvalue weighted by molar-refractivity contribution is 5.91. The molecule has 1 saturated heterocycles. The Morgan fingerprint density at radius 2 is 1.85 bits per heavy atom. The van der Waals surface area contributed by atoms with Gasteiger partial charge in [-0.1, -0.05) is 0 Å². The van der Waals surface area contributed by atoms with Crippen molar-refractivity contribution in [3.8, 4) is 0 Å². The normalized spacial score (nSPS) is 39.3. The predicted molar refractivity (Wildman–Crippen MR) is 62.1 cm³/mol. The third kappa shape index (κ3) is 2.96. The zero-order valence-corrected chi connectivity index (χ0v) is 10.4. The van der Waals surface area contributed by atoms with Gasteiger partial charge in [0.2, 0.25) is 5.79 Å². The van der Waals surface area contributed by atoms with E-state index < -0.39 is 61.0 Å². The smallest absolute Gasteiger partial charge is 0.320 e. The lowest BCUT2D eigenvalue weighted by atomic mass is 9.87. The van der Waals surface area contributed by atoms with E-state index in [-0.39, 0.29) is 0 Å². The zero-order valence-electron chi connectivity index (χ0n) is 10.4. The van der Waals surface area contributed by atoms with Crippen LogP contribution in [0.2, 0.25) is 0 Å². The summed E-state index contributed by atoms with van der Waals surface area (Å²) in [6.07, 6.45) is -5.58. The van der Waals surface area contributed by atoms with Gasteiger partial charge in [-0.3, -0.25) is 9.59 Å². The number of ketones is 1. The van der Waals surface area contributed by atoms with Crippen LogP contribution in [-0.2, 0) is 14.3 Å². The number of ether oxygens (including phenoxy) is 1. The molecule has 0 aromatic rings. The summed E-state index contributed by atoms with van der Waals surface area (Å²) in [5.74, 6) is -5.37. The molecule has 10 heteroatoms. The molecular weight excluding hydrogens is 276 g/mol. The van der Waals surface area contributed by atoms with Crippen LogP contribution >= 0.6 is 0 Å². The summed E-state index contributed by atoms with van der Waals surface area (Å²) in [6.45, 7) is -0.786. The number of rotatable bonds is 5. The lowest BCUT2D eigenvalue weighted by molar-refractivity contribution is -0.297. The molecule has 0 bridgehead atoms. The van der Waals surface area contributed by atoms with Gasteiger partial charge in [0.1, 0.15) is 24.4 Å². The first-order chi connectivity index (χ1) is 9.15. The molecule has 0 aromatic carbocycles. The molecule has 1 unspecified atom stereocenters. The van der Waals surface area contributed by atoms with Crippen molar-refractivity contribution in [1.82, 2.24) is 0 Å². The summed E-state index contributed by atoms with van der Waals surface area (Å²) in [4.78, 5) is 22.5. The Kier molecular flexibility index (Phi) is 5.15. The van der Waals surface area contributed by atoms with Gasteiger partial charge in [-0.25, -0.2) is 0 Å². The van der Waals surface area contributed by atoms with Gasteiger partial charge in [0, 0.05) is 6.42 Å². The van der Waals surface area contributed by atoms with Gasteiger partial charge in [-0.2, -0.15) is 0 Å². The summed E-state index contributed by atoms with van der Waals surface area (Å²) in [6, 6.07) is -3.30. The second-order valence-electron chi connectivity index (χ2n) is 4.61. The highest BCUT2D eigenvalue weighted by Gasteiger charge is 2.55. The molecule has 1 aliphatic heterocycles. The summed E-state index contributed by atoms with van der Waals surface area (Å²) in [5, 5.41) is 46.9. The van der Waals surface area contributed by atoms with Crippen LogP contribution in [0.1, 0.15) is 6.42 Å². The number of Topliss-reactive ketones (excluding diaryl/α,β-unsaturated/α-hetero) is 1. The fraction of sp³-hybridized carbons (Fsp3) is 0.800. The topological polar surface area (TPSA) is 197 Å². The molecule has 0 spiro atoms. The van der Waals surface area contributed by atoms with Crippen LogP contribution in [0.3, 0.4) is 0 Å². The molecule has 0 saturated carbocycles. The molecular formula is C10H18N2O8. The number of hydrogen-bond acceptors (Lipinski definition) is 9. The van der Waals surface area contributed by atoms with E-state index in [1.54, 1.807) is 0 Å². The van der Waals surface area contributed by atoms with E-state index in [1.807, 2.05) is 0 Å². The highest BCUT2D eigenvalue weighted by atomic mass is 16.7. The molecule has 1 heterocycles. The van der Waals surface area contributed by atoms with Gasteiger partial charge >= 0.3 is 5.97 Å². The number of carbonyl (C=O) groups excluding carboxylic acids is 1. The molecule has 0 radical (unpaired) electrons. The van der Waals surface area contributed by atoms with Crippen molar-refractivity contribution in [2.24, 2.45) is 11.5 Å². The average molecular weight is 294 g/mol. The summed E-state index contributed by atoms with van der Waals surface area (Å²) in [5.41, 5.74) is 10.6. The van der Waals surface area contributed by atoms with Crippen LogP contribution in [0, 0.1) is 0 Å². The number of hydrogen-bond donors (Lipinski definition) is 7. The quantitative estimate of drug-likeness (QED) is 0.259. The van der Waals surface area contributed by atoms with Crippen LogP contribution in [0.4, 0.5) is 0 Å². The Labute approximate surface area is 113 Å². The van der Waals surface area contributed by atoms with Gasteiger partial charge in [-0.15, -0.1) is 0 Å². The lowest BCUT2D eigenvalue weighted by Crippen LogP contribution is -2.71. The number of aliphatic hydroxyl groups is 4. The summed E-state index contributed by atoms with van der Waals surface area (Å²) < 4.78 is 4.83. The van der Waals surface area contributed by atoms with E-state index in [9.17, 15) is 24.9 Å². The van der Waals surface area contributed by atoms with Crippen LogP contribution in [0.5, 0.6) is 0 Å². The first kappa shape index (κ1) is 16.9. The van der Waals surface area contributed by atoms with Gasteiger partial charge in [-0.05, 0) is 0 Å². The van der Waals surface area contributed by atoms with Crippen molar-refractivity contribution in [2.45, 2.75) is 42.6 Å². The van der Waals surface area contributed by atoms with E-state index in [1.165, 1.54) is 0 Å². The fourth-order valence-electron chi connectivity index (χ4n) is 1.87. The number of carboxylic acid groups (broad SMARTS) is 1. The Bertz CT molecular complexity index is 389. The minimum Gasteiger partial charge on any atom is -0.480 e. The first-order valence-corrected chi connectivity index (χ1v) is 5.79. The van der Waals surface area contributed by atoms with Crippen LogP contribution in [0.15, 0.2) is 0 Å². The van der Waals surface area contributed by atoms with Crippen molar-refractivity contribution in [3.05, 3.63) is 0 Å². The molecule has 1 rings (SSSR count). The van der Waals surface area contributed by atoms with Crippen molar-refractivity contribution >= 4 is 11.8 Å². The average Bonchev–Trinajstić information content (AvgIpc) is 2.40. The summed E-state index contributed by atoms with van der Waals surface area (Å²) >= 11 is 0. The SMILES string of the molecule is N[C@@H]1[C@@H](O)[C@H](O)[C@@H](CO)OC1(O)C(=O)C[C@H](N)C(=O)O. The number of nitrogens with two attached hydrogens (primary N) is 2. The minimum atomic E-state index is -2.74. The molecule has 20 heavy (non-hydrogen) atoms. The highest BCUT2D eigenvalue weighted by Crippen LogP contribution is 2.28. The molecule has 0 aromatic heterocycles. The van der Waals surface area contributed by atoms with Crippen LogP contribution in [0.25, 0.3) is 0 Å². The molecule has 0 amide bonds. The number of carbonyl (C=O) groups is 2. The zero-order chi connectivity index (χ0) is 15.7. The van der Waals surface area contributed by atoms with Crippen molar-refractivity contribution in [2.75, 3.05) is 6.61 Å². The number of carboxylic acids is 1. The largest absolute Gasteiger partial charge is 0.480 e. The predicted octanol–water partition coefficient (Wildman–Crippen LogP) is -4.51. The van der Waals surface area contributed by atoms with E-state index in [0.717, 1.165) is 0 Å². The molecule has 116 valence electrons. The number of aliphatic hydroxyl groups excluding tert-OH is 3. The maximum absolute atomic E-state index is 11.9. The maximum atomic E-state index is 11.9. The Hall–Kier alpha value is -1.14. The monoisotopic (exact) mass is 294 g/mol. The molecule has 0 aliphatic carbocycles. The minimum absolute atomic E-state index is 0.786. The van der Waals surface area contributed by atoms with E-state index >= 15 is 0 Å². The molecule has 6 atom stereocenters. The molecule has 9 N–H and O–H groups in total. The van der Waals surface area contributed by atoms with Crippen molar-refractivity contribution < 1.29 is 39.9 Å². The van der Waals surface area contributed by atoms with E-state index in [4.69, 9.17) is 26.4 Å². The van der Waals surface area contributed by atoms with E-state index in [0.29, 0.717) is 0 Å². The lowest BCUT2D eigenvalue weighted by Gasteiger charge is -2.45. The Morgan fingerprint density at radius 1 is 1.30 bits per heavy atom. The first-order valence-electron chi connectivity index (χ1n) is 5.79. The third-order valence-corrected chi connectivity index (χ3v) is 3.18. The fourth-order valence-corrected chi connectivity index (χ4v) is 1.87. The summed E-state index contributed by atoms with van der Waals surface area (Å²) in [7, 11) is 0. The van der Waals surface area contributed by atoms with Gasteiger partial charge < -0.3 is 41.7 Å². The standard InChI is InChI=1S/C10H18N2O8/c11-3(9(17)18)1-5(14)10(19)8(12)7(16)6(15)4(2-13)20-10/h3-4,6-8,13,15-16,19H,1-2,11-12H2,(H,17,18)/t3-,4+,6+,7-,8+,10?/m0/s1. The molecule has 1 fully saturated rings. The van der Waals surface area contributed by atoms with Crippen LogP contribution < -0.4 is 11.5 Å². The van der Waals surface area contributed by atoms with Crippen LogP contribution in [-0.4, -0.2) is 80.1 Å². The van der Waals surface area contributed by atoms with Crippen molar-refractivity contribution in [3.63, 3.8) is 0 Å². The van der Waals surface area contributed by atoms with Gasteiger partial charge in [0.25, 0.3) is 0 Å². The Balaban J connectivity index is 2.94.